The van der Waals surface area contributed by atoms with E-state index >= 15 is 0 Å². The van der Waals surface area contributed by atoms with E-state index in [1.165, 1.54) is 11.1 Å². The Labute approximate surface area is 187 Å². The average Bonchev–Trinajstić information content (AvgIpc) is 2.71. The highest BCUT2D eigenvalue weighted by molar-refractivity contribution is 5.85. The van der Waals surface area contributed by atoms with Crippen molar-refractivity contribution in [1.29, 1.82) is 0 Å². The van der Waals surface area contributed by atoms with Gasteiger partial charge in [-0.25, -0.2) is 4.98 Å². The van der Waals surface area contributed by atoms with E-state index in [1.54, 1.807) is 0 Å². The normalized spacial score (nSPS) is 12.0. The van der Waals surface area contributed by atoms with Crippen LogP contribution in [0.2, 0.25) is 0 Å². The van der Waals surface area contributed by atoms with Gasteiger partial charge in [-0.05, 0) is 72.6 Å². The first-order chi connectivity index (χ1) is 14.8. The zero-order valence-corrected chi connectivity index (χ0v) is 19.8. The third-order valence-electron chi connectivity index (χ3n) is 5.44. The van der Waals surface area contributed by atoms with Crippen LogP contribution in [0.15, 0.2) is 58.5 Å². The van der Waals surface area contributed by atoms with Crippen molar-refractivity contribution < 1.29 is 0 Å². The summed E-state index contributed by atoms with van der Waals surface area (Å²) in [5.41, 5.74) is 9.77. The molecular weight excluding hydrogens is 378 g/mol. The Bertz CT molecular complexity index is 1070. The van der Waals surface area contributed by atoms with Gasteiger partial charge >= 0.3 is 0 Å². The molecule has 1 aromatic heterocycles. The standard InChI is InChI=1S/C28H33N3/c1-18(2)25-12-9-13-26(19(3)4)28(25)30-17-24-15-20(5)14-23(31-24)16-29-27-21(6)10-8-11-22(27)7/h8-19H,1-7H3. The molecule has 0 N–H and O–H groups in total. The summed E-state index contributed by atoms with van der Waals surface area (Å²) in [6, 6.07) is 16.8. The van der Waals surface area contributed by atoms with Crippen LogP contribution in [0.1, 0.15) is 78.7 Å². The van der Waals surface area contributed by atoms with Crippen LogP contribution in [-0.2, 0) is 0 Å². The van der Waals surface area contributed by atoms with E-state index in [1.807, 2.05) is 12.4 Å². The van der Waals surface area contributed by atoms with E-state index in [4.69, 9.17) is 15.0 Å². The van der Waals surface area contributed by atoms with Gasteiger partial charge in [-0.15, -0.1) is 0 Å². The van der Waals surface area contributed by atoms with E-state index in [2.05, 4.69) is 97.0 Å². The van der Waals surface area contributed by atoms with Gasteiger partial charge in [0.05, 0.1) is 35.2 Å². The Morgan fingerprint density at radius 3 is 1.61 bits per heavy atom. The molecule has 3 aromatic rings. The number of nitrogens with zero attached hydrogens (tertiary/aromatic N) is 3. The highest BCUT2D eigenvalue weighted by Gasteiger charge is 2.12. The third-order valence-corrected chi connectivity index (χ3v) is 5.44. The van der Waals surface area contributed by atoms with Crippen molar-refractivity contribution in [2.45, 2.75) is 60.3 Å². The van der Waals surface area contributed by atoms with Crippen molar-refractivity contribution in [2.75, 3.05) is 0 Å². The van der Waals surface area contributed by atoms with Gasteiger partial charge in [0.1, 0.15) is 0 Å². The van der Waals surface area contributed by atoms with Gasteiger partial charge < -0.3 is 0 Å². The van der Waals surface area contributed by atoms with E-state index in [0.29, 0.717) is 11.8 Å². The minimum Gasteiger partial charge on any atom is -0.254 e. The molecule has 0 aliphatic carbocycles. The monoisotopic (exact) mass is 411 g/mol. The zero-order chi connectivity index (χ0) is 22.5. The first-order valence-corrected chi connectivity index (χ1v) is 11.0. The Balaban J connectivity index is 1.97. The maximum atomic E-state index is 4.92. The molecule has 3 heteroatoms. The number of rotatable bonds is 6. The molecule has 0 amide bonds. The van der Waals surface area contributed by atoms with Gasteiger partial charge in [0.25, 0.3) is 0 Å². The largest absolute Gasteiger partial charge is 0.254 e. The molecule has 31 heavy (non-hydrogen) atoms. The molecule has 0 fully saturated rings. The predicted molar refractivity (Wildman–Crippen MR) is 134 cm³/mol. The molecule has 0 saturated heterocycles. The second kappa shape index (κ2) is 9.82. The topological polar surface area (TPSA) is 37.6 Å². The van der Waals surface area contributed by atoms with Crippen molar-refractivity contribution >= 4 is 23.8 Å². The fourth-order valence-corrected chi connectivity index (χ4v) is 3.79. The lowest BCUT2D eigenvalue weighted by atomic mass is 9.93. The molecule has 3 rings (SSSR count). The molecule has 0 bridgehead atoms. The van der Waals surface area contributed by atoms with Crippen molar-refractivity contribution in [3.8, 4) is 0 Å². The quantitative estimate of drug-likeness (QED) is 0.382. The van der Waals surface area contributed by atoms with Gasteiger partial charge in [0, 0.05) is 0 Å². The number of para-hydroxylation sites is 2. The number of benzene rings is 2. The van der Waals surface area contributed by atoms with E-state index in [0.717, 1.165) is 39.5 Å². The maximum Gasteiger partial charge on any atom is 0.0823 e. The van der Waals surface area contributed by atoms with Crippen molar-refractivity contribution in [3.05, 3.63) is 87.7 Å². The molecule has 0 aliphatic heterocycles. The van der Waals surface area contributed by atoms with Gasteiger partial charge in [0.2, 0.25) is 0 Å². The molecule has 0 saturated carbocycles. The Kier molecular flexibility index (Phi) is 7.17. The third kappa shape index (κ3) is 5.55. The highest BCUT2D eigenvalue weighted by Crippen LogP contribution is 2.34. The Morgan fingerprint density at radius 1 is 0.677 bits per heavy atom. The zero-order valence-electron chi connectivity index (χ0n) is 19.8. The number of hydrogen-bond acceptors (Lipinski definition) is 3. The molecule has 1 heterocycles. The second-order valence-electron chi connectivity index (χ2n) is 8.85. The highest BCUT2D eigenvalue weighted by atomic mass is 14.8. The molecule has 2 aromatic carbocycles. The number of hydrogen-bond donors (Lipinski definition) is 0. The van der Waals surface area contributed by atoms with Crippen LogP contribution in [-0.4, -0.2) is 17.4 Å². The maximum absolute atomic E-state index is 4.92. The van der Waals surface area contributed by atoms with Crippen LogP contribution in [0, 0.1) is 20.8 Å². The predicted octanol–water partition coefficient (Wildman–Crippen LogP) is 7.75. The first kappa shape index (κ1) is 22.6. The van der Waals surface area contributed by atoms with E-state index in [9.17, 15) is 0 Å². The lowest BCUT2D eigenvalue weighted by Gasteiger charge is -2.16. The summed E-state index contributed by atoms with van der Waals surface area (Å²) in [6.45, 7) is 15.1. The summed E-state index contributed by atoms with van der Waals surface area (Å²) in [7, 11) is 0. The molecule has 0 spiro atoms. The summed E-state index contributed by atoms with van der Waals surface area (Å²) < 4.78 is 0. The fourth-order valence-electron chi connectivity index (χ4n) is 3.79. The molecule has 0 radical (unpaired) electrons. The van der Waals surface area contributed by atoms with Crippen LogP contribution < -0.4 is 0 Å². The first-order valence-electron chi connectivity index (χ1n) is 11.0. The second-order valence-corrected chi connectivity index (χ2v) is 8.85. The Morgan fingerprint density at radius 2 is 1.13 bits per heavy atom. The molecule has 0 atom stereocenters. The minimum absolute atomic E-state index is 0.413. The molecule has 0 aliphatic rings. The lowest BCUT2D eigenvalue weighted by Crippen LogP contribution is -1.98. The minimum atomic E-state index is 0.413. The molecule has 0 unspecified atom stereocenters. The summed E-state index contributed by atoms with van der Waals surface area (Å²) >= 11 is 0. The summed E-state index contributed by atoms with van der Waals surface area (Å²) in [6.07, 6.45) is 3.73. The fraction of sp³-hybridized carbons (Fsp3) is 0.321. The van der Waals surface area contributed by atoms with Crippen molar-refractivity contribution in [3.63, 3.8) is 0 Å². The molecule has 3 nitrogen and oxygen atoms in total. The van der Waals surface area contributed by atoms with Crippen molar-refractivity contribution in [2.24, 2.45) is 9.98 Å². The average molecular weight is 412 g/mol. The number of aliphatic imine (C=N–C) groups is 2. The van der Waals surface area contributed by atoms with Gasteiger partial charge in [-0.2, -0.15) is 0 Å². The lowest BCUT2D eigenvalue weighted by molar-refractivity contribution is 0.835. The van der Waals surface area contributed by atoms with E-state index < -0.39 is 0 Å². The number of aromatic nitrogens is 1. The van der Waals surface area contributed by atoms with Crippen LogP contribution in [0.5, 0.6) is 0 Å². The summed E-state index contributed by atoms with van der Waals surface area (Å²) in [5.74, 6) is 0.827. The van der Waals surface area contributed by atoms with Crippen LogP contribution in [0.4, 0.5) is 11.4 Å². The Hall–Kier alpha value is -3.07. The van der Waals surface area contributed by atoms with Crippen LogP contribution >= 0.6 is 0 Å². The molecular formula is C28H33N3. The number of pyridine rings is 1. The van der Waals surface area contributed by atoms with Crippen molar-refractivity contribution in [1.82, 2.24) is 4.98 Å². The van der Waals surface area contributed by atoms with E-state index in [-0.39, 0.29) is 0 Å². The van der Waals surface area contributed by atoms with Gasteiger partial charge in [-0.3, -0.25) is 9.98 Å². The molecule has 160 valence electrons. The number of aryl methyl sites for hydroxylation is 3. The van der Waals surface area contributed by atoms with Gasteiger partial charge in [-0.1, -0.05) is 64.1 Å². The van der Waals surface area contributed by atoms with Crippen LogP contribution in [0.3, 0.4) is 0 Å². The van der Waals surface area contributed by atoms with Crippen LogP contribution in [0.25, 0.3) is 0 Å². The summed E-state index contributed by atoms with van der Waals surface area (Å²) in [5, 5.41) is 0. The van der Waals surface area contributed by atoms with Gasteiger partial charge in [0.15, 0.2) is 0 Å². The smallest absolute Gasteiger partial charge is 0.0823 e. The summed E-state index contributed by atoms with van der Waals surface area (Å²) in [4.78, 5) is 14.4. The SMILES string of the molecule is Cc1cc(C=Nc2c(C)cccc2C)nc(C=Nc2c(C(C)C)cccc2C(C)C)c1.